The molecule has 0 aromatic rings. The molecule has 0 amide bonds. The molecule has 17 heavy (non-hydrogen) atoms. The van der Waals surface area contributed by atoms with E-state index in [9.17, 15) is 4.79 Å². The molecule has 98 valence electrons. The third kappa shape index (κ3) is 3.70. The van der Waals surface area contributed by atoms with Crippen molar-refractivity contribution in [2.75, 3.05) is 13.7 Å². The van der Waals surface area contributed by atoms with E-state index in [1.165, 1.54) is 39.3 Å². The van der Waals surface area contributed by atoms with Crippen molar-refractivity contribution >= 4 is 5.97 Å². The lowest BCUT2D eigenvalue weighted by molar-refractivity contribution is -0.146. The second-order valence-electron chi connectivity index (χ2n) is 5.63. The Labute approximate surface area is 104 Å². The maximum atomic E-state index is 11.4. The summed E-state index contributed by atoms with van der Waals surface area (Å²) in [7, 11) is 1.49. The van der Waals surface area contributed by atoms with Crippen LogP contribution in [0.25, 0.3) is 0 Å². The minimum absolute atomic E-state index is 0.0146. The molecule has 0 unspecified atom stereocenters. The fourth-order valence-corrected chi connectivity index (χ4v) is 3.25. The van der Waals surface area contributed by atoms with Crippen LogP contribution in [0.4, 0.5) is 0 Å². The molecule has 0 saturated heterocycles. The molecule has 1 N–H and O–H groups in total. The van der Waals surface area contributed by atoms with Crippen LogP contribution in [-0.4, -0.2) is 25.7 Å². The zero-order valence-corrected chi connectivity index (χ0v) is 10.9. The molecule has 0 radical (unpaired) electrons. The summed E-state index contributed by atoms with van der Waals surface area (Å²) in [5.74, 6) is 1.05. The van der Waals surface area contributed by atoms with Gasteiger partial charge in [0.05, 0.1) is 13.0 Å². The highest BCUT2D eigenvalue weighted by atomic mass is 16.5. The predicted molar refractivity (Wildman–Crippen MR) is 67.7 cm³/mol. The van der Waals surface area contributed by atoms with Crippen LogP contribution in [0.3, 0.4) is 0 Å². The van der Waals surface area contributed by atoms with Crippen LogP contribution in [-0.2, 0) is 9.53 Å². The predicted octanol–water partition coefficient (Wildman–Crippen LogP) is 2.50. The van der Waals surface area contributed by atoms with E-state index < -0.39 is 0 Å². The number of esters is 1. The third-order valence-electron chi connectivity index (χ3n) is 4.43. The fourth-order valence-electron chi connectivity index (χ4n) is 3.25. The molecule has 0 aliphatic heterocycles. The van der Waals surface area contributed by atoms with E-state index in [1.807, 2.05) is 0 Å². The normalized spacial score (nSPS) is 30.4. The van der Waals surface area contributed by atoms with Gasteiger partial charge in [-0.1, -0.05) is 12.8 Å². The topological polar surface area (TPSA) is 38.3 Å². The summed E-state index contributed by atoms with van der Waals surface area (Å²) in [6.45, 7) is 1.19. The van der Waals surface area contributed by atoms with Gasteiger partial charge in [0.2, 0.25) is 0 Å². The molecule has 3 nitrogen and oxygen atoms in total. The molecule has 2 aliphatic rings. The van der Waals surface area contributed by atoms with Crippen molar-refractivity contribution in [3.05, 3.63) is 0 Å². The summed E-state index contributed by atoms with van der Waals surface area (Å²) in [6.07, 6.45) is 9.90. The molecular weight excluding hydrogens is 214 g/mol. The van der Waals surface area contributed by atoms with Crippen molar-refractivity contribution in [2.24, 2.45) is 11.8 Å². The van der Waals surface area contributed by atoms with E-state index in [0.29, 0.717) is 6.04 Å². The van der Waals surface area contributed by atoms with E-state index in [1.54, 1.807) is 0 Å². The number of ether oxygens (including phenoxy) is 1. The van der Waals surface area contributed by atoms with Crippen molar-refractivity contribution < 1.29 is 9.53 Å². The van der Waals surface area contributed by atoms with Crippen molar-refractivity contribution in [2.45, 2.75) is 57.4 Å². The highest BCUT2D eigenvalue weighted by Crippen LogP contribution is 2.27. The van der Waals surface area contributed by atoms with Gasteiger partial charge in [0.25, 0.3) is 0 Å². The fraction of sp³-hybridized carbons (Fsp3) is 0.929. The van der Waals surface area contributed by atoms with Crippen LogP contribution < -0.4 is 5.32 Å². The van der Waals surface area contributed by atoms with Crippen LogP contribution >= 0.6 is 0 Å². The summed E-state index contributed by atoms with van der Waals surface area (Å²) in [5.41, 5.74) is 0. The van der Waals surface area contributed by atoms with Gasteiger partial charge >= 0.3 is 5.97 Å². The standard InChI is InChI=1S/C14H25NO2/c1-17-14(16)12-6-8-13(9-7-12)15-10-11-4-2-3-5-11/h11-13,15H,2-10H2,1H3. The molecule has 2 saturated carbocycles. The van der Waals surface area contributed by atoms with Gasteiger partial charge in [0.15, 0.2) is 0 Å². The lowest BCUT2D eigenvalue weighted by Crippen LogP contribution is -2.37. The Kier molecular flexibility index (Phi) is 4.84. The molecule has 0 aromatic carbocycles. The molecule has 0 aromatic heterocycles. The number of nitrogens with one attached hydrogen (secondary N) is 1. The molecular formula is C14H25NO2. The minimum atomic E-state index is -0.0146. The molecule has 2 aliphatic carbocycles. The van der Waals surface area contributed by atoms with Crippen molar-refractivity contribution in [3.63, 3.8) is 0 Å². The van der Waals surface area contributed by atoms with Crippen molar-refractivity contribution in [1.82, 2.24) is 5.32 Å². The molecule has 0 spiro atoms. The Bertz CT molecular complexity index is 241. The minimum Gasteiger partial charge on any atom is -0.469 e. The zero-order chi connectivity index (χ0) is 12.1. The summed E-state index contributed by atoms with van der Waals surface area (Å²) in [4.78, 5) is 11.4. The Morgan fingerprint density at radius 2 is 1.76 bits per heavy atom. The number of rotatable bonds is 4. The zero-order valence-electron chi connectivity index (χ0n) is 10.9. The van der Waals surface area contributed by atoms with Crippen LogP contribution in [0.1, 0.15) is 51.4 Å². The van der Waals surface area contributed by atoms with Crippen LogP contribution in [0, 0.1) is 11.8 Å². The Balaban J connectivity index is 1.63. The summed E-state index contributed by atoms with van der Waals surface area (Å²) < 4.78 is 4.81. The highest BCUT2D eigenvalue weighted by Gasteiger charge is 2.27. The van der Waals surface area contributed by atoms with Gasteiger partial charge in [-0.25, -0.2) is 0 Å². The summed E-state index contributed by atoms with van der Waals surface area (Å²) >= 11 is 0. The van der Waals surface area contributed by atoms with Crippen LogP contribution in [0.5, 0.6) is 0 Å². The first kappa shape index (κ1) is 12.9. The molecule has 0 heterocycles. The lowest BCUT2D eigenvalue weighted by Gasteiger charge is -2.28. The average Bonchev–Trinajstić information content (AvgIpc) is 2.89. The van der Waals surface area contributed by atoms with Gasteiger partial charge in [-0.2, -0.15) is 0 Å². The van der Waals surface area contributed by atoms with Crippen molar-refractivity contribution in [3.8, 4) is 0 Å². The van der Waals surface area contributed by atoms with Gasteiger partial charge in [-0.05, 0) is 51.0 Å². The number of methoxy groups -OCH3 is 1. The van der Waals surface area contributed by atoms with E-state index in [0.717, 1.165) is 31.6 Å². The largest absolute Gasteiger partial charge is 0.469 e. The molecule has 2 rings (SSSR count). The smallest absolute Gasteiger partial charge is 0.308 e. The highest BCUT2D eigenvalue weighted by molar-refractivity contribution is 5.72. The van der Waals surface area contributed by atoms with Gasteiger partial charge in [-0.15, -0.1) is 0 Å². The van der Waals surface area contributed by atoms with E-state index >= 15 is 0 Å². The van der Waals surface area contributed by atoms with Crippen LogP contribution in [0.2, 0.25) is 0 Å². The third-order valence-corrected chi connectivity index (χ3v) is 4.43. The Morgan fingerprint density at radius 3 is 2.35 bits per heavy atom. The molecule has 0 bridgehead atoms. The summed E-state index contributed by atoms with van der Waals surface area (Å²) in [5, 5.41) is 3.69. The Morgan fingerprint density at radius 1 is 1.12 bits per heavy atom. The first-order valence-electron chi connectivity index (χ1n) is 7.11. The lowest BCUT2D eigenvalue weighted by atomic mass is 9.86. The monoisotopic (exact) mass is 239 g/mol. The maximum Gasteiger partial charge on any atom is 0.308 e. The first-order chi connectivity index (χ1) is 8.29. The quantitative estimate of drug-likeness (QED) is 0.766. The van der Waals surface area contributed by atoms with Gasteiger partial charge in [0, 0.05) is 6.04 Å². The molecule has 2 fully saturated rings. The van der Waals surface area contributed by atoms with Gasteiger partial charge in [0.1, 0.15) is 0 Å². The van der Waals surface area contributed by atoms with E-state index in [2.05, 4.69) is 5.32 Å². The second-order valence-corrected chi connectivity index (χ2v) is 5.63. The number of hydrogen-bond acceptors (Lipinski definition) is 3. The second kappa shape index (κ2) is 6.39. The molecule has 0 atom stereocenters. The van der Waals surface area contributed by atoms with Gasteiger partial charge in [-0.3, -0.25) is 4.79 Å². The van der Waals surface area contributed by atoms with Crippen LogP contribution in [0.15, 0.2) is 0 Å². The number of hydrogen-bond donors (Lipinski definition) is 1. The van der Waals surface area contributed by atoms with Gasteiger partial charge < -0.3 is 10.1 Å². The van der Waals surface area contributed by atoms with E-state index in [4.69, 9.17) is 4.74 Å². The number of carbonyl (C=O) groups is 1. The maximum absolute atomic E-state index is 11.4. The average molecular weight is 239 g/mol. The SMILES string of the molecule is COC(=O)C1CCC(NCC2CCCC2)CC1. The first-order valence-corrected chi connectivity index (χ1v) is 7.11. The Hall–Kier alpha value is -0.570. The van der Waals surface area contributed by atoms with E-state index in [-0.39, 0.29) is 11.9 Å². The summed E-state index contributed by atoms with van der Waals surface area (Å²) in [6, 6.07) is 0.636. The molecule has 3 heteroatoms. The van der Waals surface area contributed by atoms with Crippen molar-refractivity contribution in [1.29, 1.82) is 0 Å². The number of carbonyl (C=O) groups excluding carboxylic acids is 1.